The van der Waals surface area contributed by atoms with Crippen molar-refractivity contribution in [1.29, 1.82) is 0 Å². The summed E-state index contributed by atoms with van der Waals surface area (Å²) < 4.78 is 0. The van der Waals surface area contributed by atoms with Gasteiger partial charge in [-0.2, -0.15) is 5.57 Å². The maximum atomic E-state index is 3.80. The summed E-state index contributed by atoms with van der Waals surface area (Å²) in [6, 6.07) is 1.34. The van der Waals surface area contributed by atoms with Crippen molar-refractivity contribution < 1.29 is 21.7 Å². The summed E-state index contributed by atoms with van der Waals surface area (Å²) in [6.07, 6.45) is 9.21. The van der Waals surface area contributed by atoms with Crippen LogP contribution in [0.3, 0.4) is 0 Å². The second kappa shape index (κ2) is 6.03. The molecule has 0 fully saturated rings. The largest absolute Gasteiger partial charge is 0.249 e. The Hall–Kier alpha value is 0.411. The fourth-order valence-electron chi connectivity index (χ4n) is 3.00. The smallest absolute Gasteiger partial charge is 0.0552 e. The molecule has 2 rings (SSSR count). The zero-order chi connectivity index (χ0) is 13.6. The first-order valence-electron chi connectivity index (χ1n) is 7.57. The van der Waals surface area contributed by atoms with Gasteiger partial charge in [-0.05, 0) is 5.04 Å². The molecule has 0 aromatic heterocycles. The van der Waals surface area contributed by atoms with E-state index in [4.69, 9.17) is 0 Å². The van der Waals surface area contributed by atoms with E-state index in [2.05, 4.69) is 46.9 Å². The minimum atomic E-state index is -1.20. The molecular weight excluding hydrogens is 280 g/mol. The Morgan fingerprint density at radius 1 is 1.16 bits per heavy atom. The van der Waals surface area contributed by atoms with Crippen molar-refractivity contribution in [2.75, 3.05) is 0 Å². The van der Waals surface area contributed by atoms with Crippen LogP contribution in [-0.4, -0.2) is 8.07 Å². The topological polar surface area (TPSA) is 0 Å². The third-order valence-corrected chi connectivity index (χ3v) is 10.9. The summed E-state index contributed by atoms with van der Waals surface area (Å²) in [5.74, 6) is 0.703. The normalized spacial score (nSPS) is 23.9. The van der Waals surface area contributed by atoms with Crippen LogP contribution < -0.4 is 0 Å². The van der Waals surface area contributed by atoms with Crippen LogP contribution >= 0.6 is 0 Å². The average Bonchev–Trinajstić information content (AvgIpc) is 2.54. The van der Waals surface area contributed by atoms with E-state index in [1.54, 1.807) is 16.7 Å². The van der Waals surface area contributed by atoms with Crippen LogP contribution in [0.25, 0.3) is 0 Å². The van der Waals surface area contributed by atoms with Gasteiger partial charge in [0.05, 0.1) is 8.07 Å². The Kier molecular flexibility index (Phi) is 5.55. The van der Waals surface area contributed by atoms with Crippen LogP contribution in [0.1, 0.15) is 53.4 Å². The van der Waals surface area contributed by atoms with Gasteiger partial charge in [0.25, 0.3) is 0 Å². The van der Waals surface area contributed by atoms with E-state index in [9.17, 15) is 0 Å². The molecule has 0 aromatic carbocycles. The molecule has 2 aliphatic carbocycles. The number of rotatable bonds is 2. The molecule has 106 valence electrons. The summed E-state index contributed by atoms with van der Waals surface area (Å²) in [5, 5.41) is 0.491. The first-order chi connectivity index (χ1) is 8.22. The Morgan fingerprint density at radius 3 is 2.26 bits per heavy atom. The number of allylic oxidation sites excluding steroid dienone is 4. The van der Waals surface area contributed by atoms with Crippen molar-refractivity contribution >= 4 is 8.07 Å². The molecule has 0 bridgehead atoms. The molecule has 0 saturated heterocycles. The molecule has 0 N–H and O–H groups in total. The number of hydrogen-bond acceptors (Lipinski definition) is 0. The predicted molar refractivity (Wildman–Crippen MR) is 83.4 cm³/mol. The quantitative estimate of drug-likeness (QED) is 0.450. The molecule has 0 saturated carbocycles. The van der Waals surface area contributed by atoms with Crippen LogP contribution in [-0.2, 0) is 21.7 Å². The van der Waals surface area contributed by atoms with Gasteiger partial charge in [0.15, 0.2) is 0 Å². The molecule has 0 radical (unpaired) electrons. The van der Waals surface area contributed by atoms with E-state index < -0.39 is 8.07 Å². The molecule has 1 unspecified atom stereocenters. The summed E-state index contributed by atoms with van der Waals surface area (Å²) in [7, 11) is -1.20. The SMILES string of the molecule is CC1C(C[Si](C)(C)C(C)(C)C)=[C-]C2=C1CCCC2.[Ti]. The van der Waals surface area contributed by atoms with Crippen molar-refractivity contribution in [2.24, 2.45) is 5.92 Å². The van der Waals surface area contributed by atoms with Gasteiger partial charge < -0.3 is 0 Å². The summed E-state index contributed by atoms with van der Waals surface area (Å²) in [5.41, 5.74) is 4.95. The maximum Gasteiger partial charge on any atom is 0.0552 e. The van der Waals surface area contributed by atoms with Crippen LogP contribution in [0.4, 0.5) is 0 Å². The zero-order valence-electron chi connectivity index (χ0n) is 13.6. The van der Waals surface area contributed by atoms with Crippen molar-refractivity contribution in [2.45, 2.75) is 77.6 Å². The Balaban J connectivity index is 0.00000180. The Morgan fingerprint density at radius 2 is 1.74 bits per heavy atom. The van der Waals surface area contributed by atoms with Gasteiger partial charge in [-0.3, -0.25) is 0 Å². The van der Waals surface area contributed by atoms with Crippen LogP contribution in [0.15, 0.2) is 16.7 Å². The van der Waals surface area contributed by atoms with Crippen LogP contribution in [0.5, 0.6) is 0 Å². The van der Waals surface area contributed by atoms with Crippen molar-refractivity contribution in [3.05, 3.63) is 22.8 Å². The first-order valence-corrected chi connectivity index (χ1v) is 10.8. The average molecular weight is 309 g/mol. The second-order valence-electron chi connectivity index (χ2n) is 7.89. The van der Waals surface area contributed by atoms with Gasteiger partial charge in [-0.1, -0.05) is 78.4 Å². The minimum absolute atomic E-state index is 0. The maximum absolute atomic E-state index is 3.80. The minimum Gasteiger partial charge on any atom is -0.249 e. The van der Waals surface area contributed by atoms with E-state index >= 15 is 0 Å². The van der Waals surface area contributed by atoms with E-state index in [1.165, 1.54) is 31.7 Å². The van der Waals surface area contributed by atoms with E-state index in [0.29, 0.717) is 11.0 Å². The third kappa shape index (κ3) is 3.54. The first kappa shape index (κ1) is 17.5. The third-order valence-electron chi connectivity index (χ3n) is 5.53. The summed E-state index contributed by atoms with van der Waals surface area (Å²) in [6.45, 7) is 14.8. The van der Waals surface area contributed by atoms with Gasteiger partial charge in [0.2, 0.25) is 0 Å². The van der Waals surface area contributed by atoms with Crippen LogP contribution in [0, 0.1) is 12.0 Å². The molecule has 19 heavy (non-hydrogen) atoms. The zero-order valence-corrected chi connectivity index (χ0v) is 16.2. The van der Waals surface area contributed by atoms with Gasteiger partial charge >= 0.3 is 0 Å². The predicted octanol–water partition coefficient (Wildman–Crippen LogP) is 5.74. The molecule has 1 atom stereocenters. The Bertz CT molecular complexity index is 396. The van der Waals surface area contributed by atoms with E-state index in [-0.39, 0.29) is 21.7 Å². The molecular formula is C17H29SiTi-. The fourth-order valence-corrected chi connectivity index (χ4v) is 4.88. The molecule has 2 heteroatoms. The van der Waals surface area contributed by atoms with Gasteiger partial charge in [0, 0.05) is 21.7 Å². The van der Waals surface area contributed by atoms with Crippen LogP contribution in [0.2, 0.25) is 24.2 Å². The monoisotopic (exact) mass is 309 g/mol. The molecule has 0 spiro atoms. The standard InChI is InChI=1S/C17H29Si.Ti/c1-13-15(12-18(5,6)17(2,3)4)11-14-9-7-8-10-16(13)14;/h13H,7-10,12H2,1-6H3;/q-1;. The van der Waals surface area contributed by atoms with Gasteiger partial charge in [0.1, 0.15) is 0 Å². The molecule has 0 heterocycles. The Labute approximate surface area is 136 Å². The fraction of sp³-hybridized carbons (Fsp3) is 0.765. The van der Waals surface area contributed by atoms with Crippen molar-refractivity contribution in [3.63, 3.8) is 0 Å². The summed E-state index contributed by atoms with van der Waals surface area (Å²) >= 11 is 0. The molecule has 0 nitrogen and oxygen atoms in total. The molecule has 0 aliphatic heterocycles. The van der Waals surface area contributed by atoms with Gasteiger partial charge in [-0.15, -0.1) is 0 Å². The van der Waals surface area contributed by atoms with E-state index in [0.717, 1.165) is 0 Å². The molecule has 2 aliphatic rings. The number of hydrogen-bond donors (Lipinski definition) is 0. The second-order valence-corrected chi connectivity index (χ2v) is 13.5. The molecule has 0 aromatic rings. The van der Waals surface area contributed by atoms with Crippen molar-refractivity contribution in [3.8, 4) is 0 Å². The van der Waals surface area contributed by atoms with Gasteiger partial charge in [-0.25, -0.2) is 17.2 Å². The van der Waals surface area contributed by atoms with Crippen molar-refractivity contribution in [1.82, 2.24) is 0 Å². The van der Waals surface area contributed by atoms with E-state index in [1.807, 2.05) is 0 Å². The molecule has 0 amide bonds. The summed E-state index contributed by atoms with van der Waals surface area (Å²) in [4.78, 5) is 0.